The summed E-state index contributed by atoms with van der Waals surface area (Å²) in [7, 11) is 0. The summed E-state index contributed by atoms with van der Waals surface area (Å²) in [4.78, 5) is 12.8. The van der Waals surface area contributed by atoms with E-state index in [9.17, 15) is 4.79 Å². The SMILES string of the molecule is O=C(NC1CCc2ccccc2C1)NC(c1cccc(Cl)c1)C1CCCC1. The largest absolute Gasteiger partial charge is 0.335 e. The number of carbonyl (C=O) groups is 1. The zero-order valence-corrected chi connectivity index (χ0v) is 16.3. The summed E-state index contributed by atoms with van der Waals surface area (Å²) in [6, 6.07) is 16.6. The molecule has 1 fully saturated rings. The number of halogens is 1. The predicted molar refractivity (Wildman–Crippen MR) is 110 cm³/mol. The molecule has 2 amide bonds. The number of rotatable bonds is 4. The molecule has 0 radical (unpaired) electrons. The third-order valence-corrected chi connectivity index (χ3v) is 6.28. The molecule has 0 aliphatic heterocycles. The van der Waals surface area contributed by atoms with Crippen molar-refractivity contribution >= 4 is 17.6 Å². The molecule has 0 aromatic heterocycles. The van der Waals surface area contributed by atoms with Crippen LogP contribution in [0.2, 0.25) is 5.02 Å². The molecule has 0 heterocycles. The maximum atomic E-state index is 12.8. The van der Waals surface area contributed by atoms with Crippen molar-refractivity contribution in [1.29, 1.82) is 0 Å². The van der Waals surface area contributed by atoms with Crippen molar-refractivity contribution in [2.24, 2.45) is 5.92 Å². The zero-order chi connectivity index (χ0) is 18.6. The first-order chi connectivity index (χ1) is 13.2. The van der Waals surface area contributed by atoms with Crippen LogP contribution >= 0.6 is 11.6 Å². The monoisotopic (exact) mass is 382 g/mol. The highest BCUT2D eigenvalue weighted by Gasteiger charge is 2.29. The lowest BCUT2D eigenvalue weighted by atomic mass is 9.88. The summed E-state index contributed by atoms with van der Waals surface area (Å²) in [5.41, 5.74) is 3.88. The van der Waals surface area contributed by atoms with E-state index in [0.29, 0.717) is 5.92 Å². The molecule has 142 valence electrons. The van der Waals surface area contributed by atoms with E-state index in [-0.39, 0.29) is 18.1 Å². The van der Waals surface area contributed by atoms with Crippen molar-refractivity contribution in [1.82, 2.24) is 10.6 Å². The average molecular weight is 383 g/mol. The van der Waals surface area contributed by atoms with Crippen LogP contribution in [0.15, 0.2) is 48.5 Å². The van der Waals surface area contributed by atoms with Gasteiger partial charge >= 0.3 is 6.03 Å². The zero-order valence-electron chi connectivity index (χ0n) is 15.6. The van der Waals surface area contributed by atoms with Gasteiger partial charge in [-0.05, 0) is 66.8 Å². The van der Waals surface area contributed by atoms with Gasteiger partial charge in [-0.15, -0.1) is 0 Å². The third kappa shape index (κ3) is 4.47. The molecule has 0 bridgehead atoms. The summed E-state index contributed by atoms with van der Waals surface area (Å²) in [6.45, 7) is 0. The third-order valence-electron chi connectivity index (χ3n) is 6.05. The van der Waals surface area contributed by atoms with Gasteiger partial charge in [0.1, 0.15) is 0 Å². The molecular weight excluding hydrogens is 356 g/mol. The molecule has 4 heteroatoms. The first-order valence-corrected chi connectivity index (χ1v) is 10.5. The van der Waals surface area contributed by atoms with Gasteiger partial charge in [0.25, 0.3) is 0 Å². The van der Waals surface area contributed by atoms with E-state index < -0.39 is 0 Å². The molecule has 2 aliphatic rings. The van der Waals surface area contributed by atoms with Gasteiger partial charge in [0.2, 0.25) is 0 Å². The quantitative estimate of drug-likeness (QED) is 0.727. The fourth-order valence-electron chi connectivity index (χ4n) is 4.65. The Kier molecular flexibility index (Phi) is 5.68. The molecule has 2 atom stereocenters. The number of carbonyl (C=O) groups excluding carboxylic acids is 1. The minimum atomic E-state index is -0.0590. The normalized spacial score (nSPS) is 20.7. The second kappa shape index (κ2) is 8.35. The number of amides is 2. The Labute approximate surface area is 166 Å². The second-order valence-electron chi connectivity index (χ2n) is 7.90. The van der Waals surface area contributed by atoms with Gasteiger partial charge in [-0.3, -0.25) is 0 Å². The molecule has 1 saturated carbocycles. The molecule has 2 aliphatic carbocycles. The molecular formula is C23H27ClN2O. The van der Waals surface area contributed by atoms with Gasteiger partial charge in [0.15, 0.2) is 0 Å². The van der Waals surface area contributed by atoms with Crippen LogP contribution in [0.1, 0.15) is 54.8 Å². The fraction of sp³-hybridized carbons (Fsp3) is 0.435. The minimum Gasteiger partial charge on any atom is -0.335 e. The molecule has 4 rings (SSSR count). The molecule has 27 heavy (non-hydrogen) atoms. The van der Waals surface area contributed by atoms with Crippen molar-refractivity contribution < 1.29 is 4.79 Å². The van der Waals surface area contributed by atoms with Crippen LogP contribution in [0, 0.1) is 5.92 Å². The Morgan fingerprint density at radius 3 is 2.56 bits per heavy atom. The molecule has 3 nitrogen and oxygen atoms in total. The van der Waals surface area contributed by atoms with Crippen molar-refractivity contribution in [3.8, 4) is 0 Å². The molecule has 2 N–H and O–H groups in total. The number of hydrogen-bond donors (Lipinski definition) is 2. The van der Waals surface area contributed by atoms with Gasteiger partial charge in [0, 0.05) is 11.1 Å². The number of benzene rings is 2. The first kappa shape index (κ1) is 18.4. The smallest absolute Gasteiger partial charge is 0.315 e. The van der Waals surface area contributed by atoms with Crippen LogP contribution < -0.4 is 10.6 Å². The first-order valence-electron chi connectivity index (χ1n) is 10.1. The number of hydrogen-bond acceptors (Lipinski definition) is 1. The summed E-state index contributed by atoms with van der Waals surface area (Å²) in [6.07, 6.45) is 7.74. The summed E-state index contributed by atoms with van der Waals surface area (Å²) in [5.74, 6) is 0.487. The Hall–Kier alpha value is -2.00. The summed E-state index contributed by atoms with van der Waals surface area (Å²) < 4.78 is 0. The number of urea groups is 1. The Morgan fingerprint density at radius 1 is 1.00 bits per heavy atom. The number of nitrogens with one attached hydrogen (secondary N) is 2. The van der Waals surface area contributed by atoms with E-state index in [1.54, 1.807) is 0 Å². The summed E-state index contributed by atoms with van der Waals surface area (Å²) in [5, 5.41) is 7.20. The van der Waals surface area contributed by atoms with Crippen molar-refractivity contribution in [2.75, 3.05) is 0 Å². The average Bonchev–Trinajstić information content (AvgIpc) is 3.20. The van der Waals surface area contributed by atoms with E-state index in [4.69, 9.17) is 11.6 Å². The molecule has 0 saturated heterocycles. The maximum absolute atomic E-state index is 12.8. The van der Waals surface area contributed by atoms with E-state index in [2.05, 4.69) is 41.0 Å². The lowest BCUT2D eigenvalue weighted by Crippen LogP contribution is -2.46. The van der Waals surface area contributed by atoms with E-state index in [1.165, 1.54) is 24.0 Å². The van der Waals surface area contributed by atoms with Crippen LogP contribution in [0.25, 0.3) is 0 Å². The predicted octanol–water partition coefficient (Wildman–Crippen LogP) is 5.43. The Balaban J connectivity index is 1.43. The van der Waals surface area contributed by atoms with Crippen LogP contribution in [0.5, 0.6) is 0 Å². The van der Waals surface area contributed by atoms with Gasteiger partial charge in [-0.2, -0.15) is 0 Å². The lowest BCUT2D eigenvalue weighted by molar-refractivity contribution is 0.226. The molecule has 2 aromatic rings. The highest BCUT2D eigenvalue weighted by Crippen LogP contribution is 2.36. The molecule has 2 aromatic carbocycles. The standard InChI is InChI=1S/C23H27ClN2O/c24-20-11-5-10-19(14-20)22(17-7-2-3-8-17)26-23(27)25-21-13-12-16-6-1-4-9-18(16)15-21/h1,4-6,9-11,14,17,21-22H,2-3,7-8,12-13,15H2,(H2,25,26,27). The highest BCUT2D eigenvalue weighted by molar-refractivity contribution is 6.30. The molecule has 2 unspecified atom stereocenters. The van der Waals surface area contributed by atoms with Gasteiger partial charge in [-0.1, -0.05) is 60.8 Å². The Bertz CT molecular complexity index is 800. The minimum absolute atomic E-state index is 0.0297. The fourth-order valence-corrected chi connectivity index (χ4v) is 4.85. The Morgan fingerprint density at radius 2 is 1.78 bits per heavy atom. The summed E-state index contributed by atoms with van der Waals surface area (Å²) >= 11 is 6.21. The maximum Gasteiger partial charge on any atom is 0.315 e. The van der Waals surface area contributed by atoms with Crippen LogP contribution in [0.4, 0.5) is 4.79 Å². The van der Waals surface area contributed by atoms with E-state index >= 15 is 0 Å². The van der Waals surface area contributed by atoms with Crippen molar-refractivity contribution in [3.05, 3.63) is 70.2 Å². The van der Waals surface area contributed by atoms with Crippen LogP contribution in [-0.2, 0) is 12.8 Å². The van der Waals surface area contributed by atoms with Gasteiger partial charge in [-0.25, -0.2) is 4.79 Å². The lowest BCUT2D eigenvalue weighted by Gasteiger charge is -2.29. The van der Waals surface area contributed by atoms with Crippen LogP contribution in [0.3, 0.4) is 0 Å². The second-order valence-corrected chi connectivity index (χ2v) is 8.34. The molecule has 0 spiro atoms. The van der Waals surface area contributed by atoms with Crippen molar-refractivity contribution in [2.45, 2.75) is 57.0 Å². The van der Waals surface area contributed by atoms with E-state index in [1.807, 2.05) is 18.2 Å². The van der Waals surface area contributed by atoms with E-state index in [0.717, 1.165) is 42.7 Å². The van der Waals surface area contributed by atoms with Gasteiger partial charge < -0.3 is 10.6 Å². The topological polar surface area (TPSA) is 41.1 Å². The highest BCUT2D eigenvalue weighted by atomic mass is 35.5. The van der Waals surface area contributed by atoms with Gasteiger partial charge in [0.05, 0.1) is 6.04 Å². The van der Waals surface area contributed by atoms with Crippen LogP contribution in [-0.4, -0.2) is 12.1 Å². The number of aryl methyl sites for hydroxylation is 1. The number of fused-ring (bicyclic) bond motifs is 1. The van der Waals surface area contributed by atoms with Crippen molar-refractivity contribution in [3.63, 3.8) is 0 Å².